The smallest absolute Gasteiger partial charge is 0.422 e. The van der Waals surface area contributed by atoms with E-state index in [1.165, 1.54) is 6.92 Å². The predicted octanol–water partition coefficient (Wildman–Crippen LogP) is 2.56. The first-order valence-corrected chi connectivity index (χ1v) is 7.26. The summed E-state index contributed by atoms with van der Waals surface area (Å²) in [5.41, 5.74) is 0.468. The van der Waals surface area contributed by atoms with Crippen LogP contribution in [-0.2, 0) is 20.3 Å². The Kier molecular flexibility index (Phi) is 3.91. The summed E-state index contributed by atoms with van der Waals surface area (Å²) in [5.74, 6) is -1.80. The Labute approximate surface area is 113 Å². The number of carbonyl (C=O) groups excluding carboxylic acids is 1. The van der Waals surface area contributed by atoms with Gasteiger partial charge in [-0.05, 0) is 19.1 Å². The molecule has 0 saturated carbocycles. The highest BCUT2D eigenvalue weighted by Gasteiger charge is 2.49. The Balaban J connectivity index is 2.35. The number of benzene rings is 1. The van der Waals surface area contributed by atoms with Crippen molar-refractivity contribution < 1.29 is 22.5 Å². The molecule has 2 rings (SSSR count). The third kappa shape index (κ3) is 2.64. The zero-order valence-electron chi connectivity index (χ0n) is 9.76. The maximum Gasteiger partial charge on any atom is 0.422 e. The first kappa shape index (κ1) is 14.0. The topological polar surface area (TPSA) is 56.3 Å². The molecule has 0 bridgehead atoms. The number of esters is 1. The monoisotopic (exact) mass is 305 g/mol. The van der Waals surface area contributed by atoms with E-state index in [-0.39, 0.29) is 10.9 Å². The lowest BCUT2D eigenvalue weighted by Gasteiger charge is -2.11. The number of hydrogen-bond donors (Lipinski definition) is 0. The minimum atomic E-state index is -4.09. The quantitative estimate of drug-likeness (QED) is 0.815. The van der Waals surface area contributed by atoms with Crippen LogP contribution >= 0.6 is 11.3 Å². The normalized spacial score (nSPS) is 13.4. The van der Waals surface area contributed by atoms with Crippen LogP contribution in [0.3, 0.4) is 0 Å². The fourth-order valence-corrected chi connectivity index (χ4v) is 3.52. The maximum absolute atomic E-state index is 13.6. The number of fused-ring (bicyclic) bond motifs is 1. The molecule has 0 spiro atoms. The highest BCUT2D eigenvalue weighted by molar-refractivity contribution is 7.89. The van der Waals surface area contributed by atoms with Crippen molar-refractivity contribution in [1.82, 2.24) is 4.98 Å². The van der Waals surface area contributed by atoms with E-state index in [2.05, 4.69) is 9.72 Å². The van der Waals surface area contributed by atoms with E-state index < -0.39 is 22.0 Å². The number of alkyl halides is 2. The van der Waals surface area contributed by atoms with E-state index in [9.17, 15) is 17.8 Å². The van der Waals surface area contributed by atoms with Gasteiger partial charge >= 0.3 is 11.2 Å². The number of para-hydroxylation sites is 1. The first-order chi connectivity index (χ1) is 8.96. The molecule has 0 saturated heterocycles. The molecular formula is C11H9F2NO3S2. The molecule has 19 heavy (non-hydrogen) atoms. The van der Waals surface area contributed by atoms with E-state index in [0.29, 0.717) is 10.2 Å². The lowest BCUT2D eigenvalue weighted by Crippen LogP contribution is -2.35. The lowest BCUT2D eigenvalue weighted by atomic mass is 10.3. The Morgan fingerprint density at radius 2 is 2.16 bits per heavy atom. The van der Waals surface area contributed by atoms with Crippen LogP contribution in [-0.4, -0.2) is 27.0 Å². The third-order valence-corrected chi connectivity index (χ3v) is 4.75. The second kappa shape index (κ2) is 5.30. The molecule has 0 N–H and O–H groups in total. The summed E-state index contributed by atoms with van der Waals surface area (Å²) in [4.78, 5) is 15.0. The fourth-order valence-electron chi connectivity index (χ4n) is 1.33. The van der Waals surface area contributed by atoms with Crippen LogP contribution in [0.4, 0.5) is 8.78 Å². The van der Waals surface area contributed by atoms with Gasteiger partial charge in [-0.2, -0.15) is 8.78 Å². The van der Waals surface area contributed by atoms with Crippen LogP contribution in [0.5, 0.6) is 0 Å². The van der Waals surface area contributed by atoms with E-state index in [4.69, 9.17) is 0 Å². The number of aromatic nitrogens is 1. The second-order valence-corrected chi connectivity index (χ2v) is 6.18. The van der Waals surface area contributed by atoms with Crippen molar-refractivity contribution in [3.05, 3.63) is 24.3 Å². The van der Waals surface area contributed by atoms with Crippen molar-refractivity contribution in [2.24, 2.45) is 0 Å². The third-order valence-electron chi connectivity index (χ3n) is 2.18. The largest absolute Gasteiger partial charge is 0.461 e. The second-order valence-electron chi connectivity index (χ2n) is 3.45. The molecule has 0 aliphatic heterocycles. The number of hydrogen-bond acceptors (Lipinski definition) is 5. The maximum atomic E-state index is 13.6. The van der Waals surface area contributed by atoms with Gasteiger partial charge in [0.2, 0.25) is 0 Å². The van der Waals surface area contributed by atoms with Crippen LogP contribution in [0.2, 0.25) is 0 Å². The summed E-state index contributed by atoms with van der Waals surface area (Å²) in [6, 6.07) is 6.71. The van der Waals surface area contributed by atoms with Crippen molar-refractivity contribution in [3.63, 3.8) is 0 Å². The molecule has 1 aromatic heterocycles. The summed E-state index contributed by atoms with van der Waals surface area (Å²) < 4.78 is 43.5. The van der Waals surface area contributed by atoms with Gasteiger partial charge in [-0.15, -0.1) is 11.3 Å². The summed E-state index contributed by atoms with van der Waals surface area (Å²) in [6.45, 7) is 1.19. The molecule has 2 aromatic rings. The lowest BCUT2D eigenvalue weighted by molar-refractivity contribution is -0.159. The molecule has 1 atom stereocenters. The van der Waals surface area contributed by atoms with Crippen LogP contribution in [0.15, 0.2) is 28.6 Å². The highest BCUT2D eigenvalue weighted by atomic mass is 32.2. The van der Waals surface area contributed by atoms with Gasteiger partial charge in [0.05, 0.1) is 16.8 Å². The average Bonchev–Trinajstić information content (AvgIpc) is 2.81. The van der Waals surface area contributed by atoms with Crippen molar-refractivity contribution in [3.8, 4) is 0 Å². The number of rotatable bonds is 4. The Morgan fingerprint density at radius 3 is 2.79 bits per heavy atom. The molecule has 4 nitrogen and oxygen atoms in total. The van der Waals surface area contributed by atoms with Gasteiger partial charge in [0.1, 0.15) is 0 Å². The number of ether oxygens (including phenoxy) is 1. The summed E-state index contributed by atoms with van der Waals surface area (Å²) in [7, 11) is -2.86. The number of halogens is 2. The first-order valence-electron chi connectivity index (χ1n) is 5.29. The van der Waals surface area contributed by atoms with Crippen molar-refractivity contribution in [1.29, 1.82) is 0 Å². The number of nitrogens with zero attached hydrogens (tertiary/aromatic N) is 1. The predicted molar refractivity (Wildman–Crippen MR) is 67.6 cm³/mol. The molecule has 1 aromatic carbocycles. The van der Waals surface area contributed by atoms with Gasteiger partial charge in [-0.3, -0.25) is 0 Å². The molecule has 0 amide bonds. The molecule has 0 fully saturated rings. The summed E-state index contributed by atoms with van der Waals surface area (Å²) in [6.07, 6.45) is 0. The molecule has 8 heteroatoms. The van der Waals surface area contributed by atoms with E-state index >= 15 is 0 Å². The van der Waals surface area contributed by atoms with E-state index in [1.54, 1.807) is 24.3 Å². The van der Waals surface area contributed by atoms with Gasteiger partial charge in [0.15, 0.2) is 15.1 Å². The van der Waals surface area contributed by atoms with Crippen LogP contribution in [0.1, 0.15) is 6.92 Å². The number of thiazole rings is 1. The van der Waals surface area contributed by atoms with Crippen LogP contribution in [0, 0.1) is 0 Å². The summed E-state index contributed by atoms with van der Waals surface area (Å²) in [5, 5.41) is -4.09. The van der Waals surface area contributed by atoms with Gasteiger partial charge in [-0.25, -0.2) is 14.0 Å². The molecule has 0 unspecified atom stereocenters. The van der Waals surface area contributed by atoms with Gasteiger partial charge in [0.25, 0.3) is 0 Å². The molecular weight excluding hydrogens is 296 g/mol. The van der Waals surface area contributed by atoms with Gasteiger partial charge in [0, 0.05) is 0 Å². The Morgan fingerprint density at radius 1 is 1.47 bits per heavy atom. The van der Waals surface area contributed by atoms with Crippen molar-refractivity contribution in [2.45, 2.75) is 16.5 Å². The van der Waals surface area contributed by atoms with Crippen molar-refractivity contribution >= 4 is 38.3 Å². The molecule has 0 radical (unpaired) electrons. The summed E-state index contributed by atoms with van der Waals surface area (Å²) >= 11 is 0.869. The highest BCUT2D eigenvalue weighted by Crippen LogP contribution is 2.31. The van der Waals surface area contributed by atoms with Crippen LogP contribution < -0.4 is 0 Å². The van der Waals surface area contributed by atoms with Gasteiger partial charge in [-0.1, -0.05) is 12.1 Å². The number of carbonyl (C=O) groups is 1. The van der Waals surface area contributed by atoms with E-state index in [1.807, 2.05) is 0 Å². The van der Waals surface area contributed by atoms with Crippen LogP contribution in [0.25, 0.3) is 10.2 Å². The Hall–Kier alpha value is -1.41. The molecule has 0 aliphatic carbocycles. The zero-order valence-corrected chi connectivity index (χ0v) is 11.4. The SMILES string of the molecule is CCOC(=O)C(F)(F)[S@@](=O)c1nc2ccccc2s1. The Bertz CT molecular complexity index is 609. The standard InChI is InChI=1S/C11H9F2NO3S2/c1-2-17-9(15)11(12,13)19(16)10-14-7-5-3-4-6-8(7)18-10/h3-6H,2H2,1H3/t19-/m0/s1. The van der Waals surface area contributed by atoms with Gasteiger partial charge < -0.3 is 4.74 Å². The minimum Gasteiger partial charge on any atom is -0.461 e. The minimum absolute atomic E-state index is 0.203. The average molecular weight is 305 g/mol. The van der Waals surface area contributed by atoms with E-state index in [0.717, 1.165) is 11.3 Å². The molecule has 0 aliphatic rings. The fraction of sp³-hybridized carbons (Fsp3) is 0.273. The molecule has 1 heterocycles. The molecule has 102 valence electrons. The van der Waals surface area contributed by atoms with Crippen molar-refractivity contribution in [2.75, 3.05) is 6.61 Å². The zero-order chi connectivity index (χ0) is 14.0.